The van der Waals surface area contributed by atoms with Crippen molar-refractivity contribution in [2.45, 2.75) is 33.2 Å². The van der Waals surface area contributed by atoms with Crippen molar-refractivity contribution in [2.75, 3.05) is 46.0 Å². The number of carbonyl (C=O) groups excluding carboxylic acids is 2. The number of Topliss-reactive ketones (excluding diaryl/α,β-unsaturated/α-hetero) is 1. The minimum Gasteiger partial charge on any atom is -0.507 e. The molecule has 36 heavy (non-hydrogen) atoms. The van der Waals surface area contributed by atoms with Crippen LogP contribution in [0.5, 0.6) is 17.2 Å². The summed E-state index contributed by atoms with van der Waals surface area (Å²) in [6.07, 6.45) is 0.858. The molecule has 0 spiro atoms. The third-order valence-electron chi connectivity index (χ3n) is 6.55. The van der Waals surface area contributed by atoms with E-state index >= 15 is 0 Å². The molecule has 0 saturated carbocycles. The number of benzene rings is 2. The number of ketones is 1. The molecule has 2 aliphatic heterocycles. The van der Waals surface area contributed by atoms with E-state index in [-0.39, 0.29) is 11.3 Å². The van der Waals surface area contributed by atoms with E-state index in [4.69, 9.17) is 14.2 Å². The number of amides is 1. The second-order valence-electron chi connectivity index (χ2n) is 8.80. The third-order valence-corrected chi connectivity index (χ3v) is 6.55. The number of likely N-dealkylation sites (N-methyl/N-ethyl adjacent to an activating group) is 1. The monoisotopic (exact) mass is 494 g/mol. The lowest BCUT2D eigenvalue weighted by Gasteiger charge is -2.28. The topological polar surface area (TPSA) is 88.5 Å². The van der Waals surface area contributed by atoms with Gasteiger partial charge in [0.2, 0.25) is 0 Å². The van der Waals surface area contributed by atoms with Crippen LogP contribution in [0.1, 0.15) is 44.4 Å². The van der Waals surface area contributed by atoms with E-state index < -0.39 is 17.7 Å². The van der Waals surface area contributed by atoms with Gasteiger partial charge in [0.05, 0.1) is 18.2 Å². The molecule has 1 fully saturated rings. The molecule has 0 bridgehead atoms. The Kier molecular flexibility index (Phi) is 8.15. The van der Waals surface area contributed by atoms with Gasteiger partial charge in [-0.15, -0.1) is 0 Å². The summed E-state index contributed by atoms with van der Waals surface area (Å²) >= 11 is 0. The SMILES string of the molecule is CCCOc1cccc([C@H]2/C(=C(\O)c3ccc4c(c3)OCCO4)C(=O)C(=O)N2CCN(CC)CC)c1. The van der Waals surface area contributed by atoms with Crippen molar-refractivity contribution >= 4 is 17.4 Å². The van der Waals surface area contributed by atoms with Crippen LogP contribution >= 0.6 is 0 Å². The largest absolute Gasteiger partial charge is 0.507 e. The van der Waals surface area contributed by atoms with Gasteiger partial charge in [0.15, 0.2) is 11.5 Å². The summed E-state index contributed by atoms with van der Waals surface area (Å²) in [6.45, 7) is 10.2. The van der Waals surface area contributed by atoms with Crippen molar-refractivity contribution in [3.8, 4) is 17.2 Å². The molecule has 0 unspecified atom stereocenters. The van der Waals surface area contributed by atoms with Crippen molar-refractivity contribution in [1.29, 1.82) is 0 Å². The summed E-state index contributed by atoms with van der Waals surface area (Å²) in [7, 11) is 0. The zero-order valence-electron chi connectivity index (χ0n) is 21.2. The standard InChI is InChI=1S/C28H34N2O6/c1-4-14-34-21-9-7-8-19(17-21)25-24(27(32)28(33)30(25)13-12-29(5-2)6-3)26(31)20-10-11-22-23(18-20)36-16-15-35-22/h7-11,17-18,25,31H,4-6,12-16H2,1-3H3/b26-24+/t25-/m0/s1. The van der Waals surface area contributed by atoms with Crippen LogP contribution in [0.4, 0.5) is 0 Å². The highest BCUT2D eigenvalue weighted by Gasteiger charge is 2.46. The molecule has 0 aromatic heterocycles. The van der Waals surface area contributed by atoms with Crippen LogP contribution in [0.15, 0.2) is 48.0 Å². The van der Waals surface area contributed by atoms with Crippen LogP contribution in [-0.2, 0) is 9.59 Å². The number of rotatable bonds is 10. The van der Waals surface area contributed by atoms with Gasteiger partial charge < -0.3 is 29.1 Å². The average molecular weight is 495 g/mol. The first-order chi connectivity index (χ1) is 17.5. The van der Waals surface area contributed by atoms with E-state index in [0.717, 1.165) is 19.5 Å². The first kappa shape index (κ1) is 25.6. The predicted molar refractivity (Wildman–Crippen MR) is 136 cm³/mol. The number of aliphatic hydroxyl groups is 1. The van der Waals surface area contributed by atoms with E-state index in [9.17, 15) is 14.7 Å². The number of hydrogen-bond donors (Lipinski definition) is 1. The fourth-order valence-corrected chi connectivity index (χ4v) is 4.59. The number of aliphatic hydroxyl groups excluding tert-OH is 1. The molecule has 1 saturated heterocycles. The molecule has 0 aliphatic carbocycles. The van der Waals surface area contributed by atoms with Crippen LogP contribution < -0.4 is 14.2 Å². The Morgan fingerprint density at radius 2 is 1.81 bits per heavy atom. The molecule has 2 aliphatic rings. The fourth-order valence-electron chi connectivity index (χ4n) is 4.59. The minimum atomic E-state index is -0.737. The third kappa shape index (κ3) is 5.18. The van der Waals surface area contributed by atoms with Gasteiger partial charge in [-0.05, 0) is 55.4 Å². The maximum atomic E-state index is 13.3. The van der Waals surface area contributed by atoms with Gasteiger partial charge in [0.25, 0.3) is 11.7 Å². The summed E-state index contributed by atoms with van der Waals surface area (Å²) in [5, 5.41) is 11.4. The van der Waals surface area contributed by atoms with Crippen molar-refractivity contribution in [2.24, 2.45) is 0 Å². The molecular formula is C28H34N2O6. The normalized spacial score (nSPS) is 18.7. The fraction of sp³-hybridized carbons (Fsp3) is 0.429. The Balaban J connectivity index is 1.78. The Bertz CT molecular complexity index is 1140. The molecule has 8 heteroatoms. The van der Waals surface area contributed by atoms with Crippen molar-refractivity contribution in [1.82, 2.24) is 9.80 Å². The Morgan fingerprint density at radius 1 is 1.06 bits per heavy atom. The van der Waals surface area contributed by atoms with Crippen LogP contribution in [0, 0.1) is 0 Å². The van der Waals surface area contributed by atoms with Gasteiger partial charge in [-0.3, -0.25) is 9.59 Å². The summed E-state index contributed by atoms with van der Waals surface area (Å²) in [5.74, 6) is 0.170. The highest BCUT2D eigenvalue weighted by atomic mass is 16.6. The van der Waals surface area contributed by atoms with Gasteiger partial charge in [-0.2, -0.15) is 0 Å². The second kappa shape index (κ2) is 11.5. The number of likely N-dealkylation sites (tertiary alicyclic amines) is 1. The number of carbonyl (C=O) groups is 2. The Labute approximate surface area is 212 Å². The van der Waals surface area contributed by atoms with Crippen LogP contribution in [0.2, 0.25) is 0 Å². The summed E-state index contributed by atoms with van der Waals surface area (Å²) in [5.41, 5.74) is 1.16. The van der Waals surface area contributed by atoms with Crippen molar-refractivity contribution < 1.29 is 28.9 Å². The molecule has 1 amide bonds. The zero-order chi connectivity index (χ0) is 25.7. The highest BCUT2D eigenvalue weighted by Crippen LogP contribution is 2.41. The van der Waals surface area contributed by atoms with Gasteiger partial charge in [0.1, 0.15) is 24.7 Å². The van der Waals surface area contributed by atoms with Crippen LogP contribution in [0.25, 0.3) is 5.76 Å². The number of hydrogen-bond acceptors (Lipinski definition) is 7. The van der Waals surface area contributed by atoms with Crippen LogP contribution in [0.3, 0.4) is 0 Å². The highest BCUT2D eigenvalue weighted by molar-refractivity contribution is 6.46. The second-order valence-corrected chi connectivity index (χ2v) is 8.80. The van der Waals surface area contributed by atoms with Gasteiger partial charge in [-0.25, -0.2) is 0 Å². The van der Waals surface area contributed by atoms with Gasteiger partial charge >= 0.3 is 0 Å². The lowest BCUT2D eigenvalue weighted by Crippen LogP contribution is -2.38. The molecular weight excluding hydrogens is 460 g/mol. The number of ether oxygens (including phenoxy) is 3. The first-order valence-corrected chi connectivity index (χ1v) is 12.6. The molecule has 192 valence electrons. The maximum Gasteiger partial charge on any atom is 0.295 e. The van der Waals surface area contributed by atoms with E-state index in [1.165, 1.54) is 0 Å². The quantitative estimate of drug-likeness (QED) is 0.303. The molecule has 8 nitrogen and oxygen atoms in total. The van der Waals surface area contributed by atoms with Gasteiger partial charge in [-0.1, -0.05) is 32.9 Å². The Morgan fingerprint density at radius 3 is 2.53 bits per heavy atom. The number of fused-ring (bicyclic) bond motifs is 1. The summed E-state index contributed by atoms with van der Waals surface area (Å²) in [4.78, 5) is 30.3. The van der Waals surface area contributed by atoms with E-state index in [1.807, 2.05) is 31.2 Å². The lowest BCUT2D eigenvalue weighted by molar-refractivity contribution is -0.140. The predicted octanol–water partition coefficient (Wildman–Crippen LogP) is 4.01. The molecule has 1 atom stereocenters. The summed E-state index contributed by atoms with van der Waals surface area (Å²) < 4.78 is 17.1. The van der Waals surface area contributed by atoms with Crippen LogP contribution in [-0.4, -0.2) is 72.6 Å². The average Bonchev–Trinajstić information content (AvgIpc) is 3.17. The molecule has 2 heterocycles. The first-order valence-electron chi connectivity index (χ1n) is 12.6. The Hall–Kier alpha value is -3.52. The minimum absolute atomic E-state index is 0.0591. The molecule has 2 aromatic rings. The van der Waals surface area contributed by atoms with E-state index in [2.05, 4.69) is 18.7 Å². The molecule has 1 N–H and O–H groups in total. The number of nitrogens with zero attached hydrogens (tertiary/aromatic N) is 2. The lowest BCUT2D eigenvalue weighted by atomic mass is 9.95. The zero-order valence-corrected chi connectivity index (χ0v) is 21.2. The van der Waals surface area contributed by atoms with E-state index in [0.29, 0.717) is 61.3 Å². The molecule has 4 rings (SSSR count). The smallest absolute Gasteiger partial charge is 0.295 e. The van der Waals surface area contributed by atoms with E-state index in [1.54, 1.807) is 23.1 Å². The summed E-state index contributed by atoms with van der Waals surface area (Å²) in [6, 6.07) is 11.7. The van der Waals surface area contributed by atoms with Crippen molar-refractivity contribution in [3.63, 3.8) is 0 Å². The van der Waals surface area contributed by atoms with Gasteiger partial charge in [0, 0.05) is 18.7 Å². The maximum absolute atomic E-state index is 13.3. The van der Waals surface area contributed by atoms with Crippen molar-refractivity contribution in [3.05, 3.63) is 59.2 Å². The molecule has 2 aromatic carbocycles. The molecule has 0 radical (unpaired) electrons.